The Morgan fingerprint density at radius 1 is 1.58 bits per heavy atom. The van der Waals surface area contributed by atoms with E-state index in [0.29, 0.717) is 12.6 Å². The van der Waals surface area contributed by atoms with Gasteiger partial charge in [-0.15, -0.1) is 0 Å². The first kappa shape index (κ1) is 13.8. The SMILES string of the molecule is CCN1CCCC1CNC(=O)c1ccc(F)cc1O. The van der Waals surface area contributed by atoms with Crippen molar-refractivity contribution in [2.75, 3.05) is 19.6 Å². The zero-order valence-electron chi connectivity index (χ0n) is 11.0. The van der Waals surface area contributed by atoms with Crippen molar-refractivity contribution < 1.29 is 14.3 Å². The summed E-state index contributed by atoms with van der Waals surface area (Å²) in [5, 5.41) is 12.3. The van der Waals surface area contributed by atoms with E-state index in [1.165, 1.54) is 12.1 Å². The molecule has 0 radical (unpaired) electrons. The molecule has 4 nitrogen and oxygen atoms in total. The fourth-order valence-corrected chi connectivity index (χ4v) is 2.55. The van der Waals surface area contributed by atoms with E-state index in [2.05, 4.69) is 17.1 Å². The first-order valence-corrected chi connectivity index (χ1v) is 6.62. The van der Waals surface area contributed by atoms with Crippen LogP contribution in [0.4, 0.5) is 4.39 Å². The highest BCUT2D eigenvalue weighted by atomic mass is 19.1. The molecule has 1 aliphatic heterocycles. The van der Waals surface area contributed by atoms with Crippen molar-refractivity contribution in [2.24, 2.45) is 0 Å². The summed E-state index contributed by atoms with van der Waals surface area (Å²) in [4.78, 5) is 14.2. The van der Waals surface area contributed by atoms with Gasteiger partial charge in [-0.1, -0.05) is 6.92 Å². The second-order valence-electron chi connectivity index (χ2n) is 4.80. The minimum Gasteiger partial charge on any atom is -0.507 e. The lowest BCUT2D eigenvalue weighted by molar-refractivity contribution is 0.0938. The van der Waals surface area contributed by atoms with E-state index < -0.39 is 5.82 Å². The molecule has 5 heteroatoms. The molecule has 19 heavy (non-hydrogen) atoms. The van der Waals surface area contributed by atoms with E-state index in [1.807, 2.05) is 0 Å². The second-order valence-corrected chi connectivity index (χ2v) is 4.80. The molecule has 1 aromatic rings. The average Bonchev–Trinajstić information content (AvgIpc) is 2.83. The van der Waals surface area contributed by atoms with Crippen LogP contribution in [0.25, 0.3) is 0 Å². The van der Waals surface area contributed by atoms with Crippen LogP contribution in [-0.4, -0.2) is 41.6 Å². The van der Waals surface area contributed by atoms with Crippen LogP contribution in [0.1, 0.15) is 30.1 Å². The van der Waals surface area contributed by atoms with Crippen LogP contribution in [0, 0.1) is 5.82 Å². The molecule has 0 spiro atoms. The summed E-state index contributed by atoms with van der Waals surface area (Å²) in [6, 6.07) is 3.77. The topological polar surface area (TPSA) is 52.6 Å². The van der Waals surface area contributed by atoms with Gasteiger partial charge < -0.3 is 10.4 Å². The first-order chi connectivity index (χ1) is 9.11. The zero-order chi connectivity index (χ0) is 13.8. The largest absolute Gasteiger partial charge is 0.507 e. The standard InChI is InChI=1S/C14H19FN2O2/c1-2-17-7-3-4-11(17)9-16-14(19)12-6-5-10(15)8-13(12)18/h5-6,8,11,18H,2-4,7,9H2,1H3,(H,16,19). The average molecular weight is 266 g/mol. The Labute approximate surface area is 112 Å². The van der Waals surface area contributed by atoms with Crippen molar-refractivity contribution in [1.29, 1.82) is 0 Å². The molecule has 1 aliphatic rings. The Hall–Kier alpha value is -1.62. The van der Waals surface area contributed by atoms with Crippen LogP contribution in [0.5, 0.6) is 5.75 Å². The molecule has 0 bridgehead atoms. The highest BCUT2D eigenvalue weighted by Crippen LogP contribution is 2.19. The molecule has 0 saturated carbocycles. The molecule has 0 aliphatic carbocycles. The lowest BCUT2D eigenvalue weighted by atomic mass is 10.1. The molecule has 1 saturated heterocycles. The predicted octanol–water partition coefficient (Wildman–Crippen LogP) is 1.75. The number of phenolic OH excluding ortho intramolecular Hbond substituents is 1. The summed E-state index contributed by atoms with van der Waals surface area (Å²) >= 11 is 0. The Balaban J connectivity index is 1.94. The van der Waals surface area contributed by atoms with Crippen LogP contribution in [0.2, 0.25) is 0 Å². The van der Waals surface area contributed by atoms with Crippen molar-refractivity contribution >= 4 is 5.91 Å². The summed E-state index contributed by atoms with van der Waals surface area (Å²) in [7, 11) is 0. The molecule has 2 N–H and O–H groups in total. The van der Waals surface area contributed by atoms with Gasteiger partial charge in [0.2, 0.25) is 0 Å². The number of amides is 1. The minimum atomic E-state index is -0.554. The number of nitrogens with one attached hydrogen (secondary N) is 1. The maximum atomic E-state index is 12.8. The summed E-state index contributed by atoms with van der Waals surface area (Å²) in [5.74, 6) is -1.24. The third-order valence-electron chi connectivity index (χ3n) is 3.61. The van der Waals surface area contributed by atoms with Crippen LogP contribution in [0.3, 0.4) is 0 Å². The van der Waals surface area contributed by atoms with E-state index >= 15 is 0 Å². The third kappa shape index (κ3) is 3.23. The number of halogens is 1. The van der Waals surface area contributed by atoms with Gasteiger partial charge in [0.1, 0.15) is 11.6 Å². The Morgan fingerprint density at radius 3 is 3.05 bits per heavy atom. The summed E-state index contributed by atoms with van der Waals surface area (Å²) in [5.41, 5.74) is 0.113. The highest BCUT2D eigenvalue weighted by Gasteiger charge is 2.23. The fraction of sp³-hybridized carbons (Fsp3) is 0.500. The Bertz CT molecular complexity index is 465. The molecule has 1 atom stereocenters. The van der Waals surface area contributed by atoms with Crippen LogP contribution in [0.15, 0.2) is 18.2 Å². The van der Waals surface area contributed by atoms with E-state index in [9.17, 15) is 14.3 Å². The lowest BCUT2D eigenvalue weighted by Gasteiger charge is -2.22. The van der Waals surface area contributed by atoms with Gasteiger partial charge in [0.15, 0.2) is 0 Å². The number of likely N-dealkylation sites (N-methyl/N-ethyl adjacent to an activating group) is 1. The quantitative estimate of drug-likeness (QED) is 0.873. The van der Waals surface area contributed by atoms with Crippen molar-refractivity contribution in [3.63, 3.8) is 0 Å². The maximum Gasteiger partial charge on any atom is 0.255 e. The van der Waals surface area contributed by atoms with Gasteiger partial charge in [-0.3, -0.25) is 9.69 Å². The monoisotopic (exact) mass is 266 g/mol. The Morgan fingerprint density at radius 2 is 2.37 bits per heavy atom. The van der Waals surface area contributed by atoms with Gasteiger partial charge >= 0.3 is 0 Å². The predicted molar refractivity (Wildman–Crippen MR) is 70.7 cm³/mol. The van der Waals surface area contributed by atoms with Gasteiger partial charge in [-0.25, -0.2) is 4.39 Å². The fourth-order valence-electron chi connectivity index (χ4n) is 2.55. The Kier molecular flexibility index (Phi) is 4.37. The maximum absolute atomic E-state index is 12.8. The molecule has 1 amide bonds. The van der Waals surface area contributed by atoms with E-state index in [1.54, 1.807) is 0 Å². The van der Waals surface area contributed by atoms with Gasteiger partial charge in [0, 0.05) is 18.7 Å². The molecule has 1 unspecified atom stereocenters. The molecular formula is C14H19FN2O2. The van der Waals surface area contributed by atoms with Crippen molar-refractivity contribution in [3.8, 4) is 5.75 Å². The summed E-state index contributed by atoms with van der Waals surface area (Å²) in [6.45, 7) is 4.70. The molecule has 1 fully saturated rings. The van der Waals surface area contributed by atoms with Crippen molar-refractivity contribution in [2.45, 2.75) is 25.8 Å². The number of rotatable bonds is 4. The lowest BCUT2D eigenvalue weighted by Crippen LogP contribution is -2.40. The number of likely N-dealkylation sites (tertiary alicyclic amines) is 1. The van der Waals surface area contributed by atoms with E-state index in [0.717, 1.165) is 32.0 Å². The van der Waals surface area contributed by atoms with Crippen LogP contribution < -0.4 is 5.32 Å². The van der Waals surface area contributed by atoms with E-state index in [-0.39, 0.29) is 17.2 Å². The van der Waals surface area contributed by atoms with Gasteiger partial charge in [-0.05, 0) is 38.1 Å². The van der Waals surface area contributed by atoms with Gasteiger partial charge in [0.05, 0.1) is 5.56 Å². The molecule has 1 aromatic carbocycles. The molecule has 2 rings (SSSR count). The first-order valence-electron chi connectivity index (χ1n) is 6.62. The van der Waals surface area contributed by atoms with Crippen molar-refractivity contribution in [3.05, 3.63) is 29.6 Å². The number of phenols is 1. The number of carbonyl (C=O) groups excluding carboxylic acids is 1. The number of benzene rings is 1. The third-order valence-corrected chi connectivity index (χ3v) is 3.61. The van der Waals surface area contributed by atoms with Crippen LogP contribution >= 0.6 is 0 Å². The molecule has 0 aromatic heterocycles. The highest BCUT2D eigenvalue weighted by molar-refractivity contribution is 5.96. The normalized spacial score (nSPS) is 19.6. The minimum absolute atomic E-state index is 0.113. The van der Waals surface area contributed by atoms with Crippen molar-refractivity contribution in [1.82, 2.24) is 10.2 Å². The second kappa shape index (κ2) is 6.02. The molecular weight excluding hydrogens is 247 g/mol. The molecule has 1 heterocycles. The van der Waals surface area contributed by atoms with Crippen LogP contribution in [-0.2, 0) is 0 Å². The van der Waals surface area contributed by atoms with Gasteiger partial charge in [-0.2, -0.15) is 0 Å². The number of hydrogen-bond donors (Lipinski definition) is 2. The summed E-state index contributed by atoms with van der Waals surface area (Å²) < 4.78 is 12.8. The zero-order valence-corrected chi connectivity index (χ0v) is 11.0. The summed E-state index contributed by atoms with van der Waals surface area (Å²) in [6.07, 6.45) is 2.22. The van der Waals surface area contributed by atoms with E-state index in [4.69, 9.17) is 0 Å². The molecule has 104 valence electrons. The number of hydrogen-bond acceptors (Lipinski definition) is 3. The number of carbonyl (C=O) groups is 1. The number of nitrogens with zero attached hydrogens (tertiary/aromatic N) is 1. The van der Waals surface area contributed by atoms with Gasteiger partial charge in [0.25, 0.3) is 5.91 Å². The number of aromatic hydroxyl groups is 1. The smallest absolute Gasteiger partial charge is 0.255 e.